The molecule has 0 aliphatic heterocycles. The molecule has 0 unspecified atom stereocenters. The lowest BCUT2D eigenvalue weighted by Crippen LogP contribution is -2.36. The van der Waals surface area contributed by atoms with Crippen LogP contribution >= 0.6 is 0 Å². The van der Waals surface area contributed by atoms with Gasteiger partial charge >= 0.3 is 5.97 Å². The summed E-state index contributed by atoms with van der Waals surface area (Å²) in [6.07, 6.45) is 0.810. The highest BCUT2D eigenvalue weighted by atomic mass is 16.7. The fourth-order valence-electron chi connectivity index (χ4n) is 1.59. The maximum Gasteiger partial charge on any atom is 0.323 e. The number of nitro groups is 1. The van der Waals surface area contributed by atoms with E-state index in [1.807, 2.05) is 30.3 Å². The Hall–Kier alpha value is -2.68. The minimum absolute atomic E-state index is 0.172. The monoisotopic (exact) mass is 309 g/mol. The number of guanidine groups is 1. The van der Waals surface area contributed by atoms with Crippen molar-refractivity contribution in [3.05, 3.63) is 46.0 Å². The molecule has 0 amide bonds. The Labute approximate surface area is 127 Å². The van der Waals surface area contributed by atoms with Crippen molar-refractivity contribution >= 4 is 11.9 Å². The Bertz CT molecular complexity index is 520. The Balaban J connectivity index is 2.23. The van der Waals surface area contributed by atoms with Gasteiger partial charge in [0.25, 0.3) is 5.96 Å². The number of hydrogen-bond acceptors (Lipinski definition) is 6. The van der Waals surface area contributed by atoms with Crippen LogP contribution in [0.4, 0.5) is 0 Å². The molecule has 0 aliphatic carbocycles. The fraction of sp³-hybridized carbons (Fsp3) is 0.385. The van der Waals surface area contributed by atoms with Gasteiger partial charge in [-0.15, -0.1) is 0 Å². The zero-order valence-corrected chi connectivity index (χ0v) is 12.0. The molecule has 9 heteroatoms. The zero-order valence-electron chi connectivity index (χ0n) is 12.0. The number of hydrogen-bond donors (Lipinski definition) is 3. The molecular formula is C13H19N5O4. The van der Waals surface area contributed by atoms with Gasteiger partial charge in [-0.25, -0.2) is 15.1 Å². The van der Waals surface area contributed by atoms with E-state index in [-0.39, 0.29) is 19.1 Å². The van der Waals surface area contributed by atoms with E-state index in [2.05, 4.69) is 4.99 Å². The lowest BCUT2D eigenvalue weighted by molar-refractivity contribution is -0.525. The first-order chi connectivity index (χ1) is 10.5. The second kappa shape index (κ2) is 9.29. The third kappa shape index (κ3) is 7.20. The highest BCUT2D eigenvalue weighted by molar-refractivity contribution is 5.76. The van der Waals surface area contributed by atoms with Gasteiger partial charge in [0.15, 0.2) is 5.03 Å². The summed E-state index contributed by atoms with van der Waals surface area (Å²) in [5.41, 5.74) is 13.5. The van der Waals surface area contributed by atoms with Gasteiger partial charge in [0.05, 0.1) is 0 Å². The zero-order chi connectivity index (χ0) is 16.4. The molecule has 0 spiro atoms. The quantitative estimate of drug-likeness (QED) is 0.152. The van der Waals surface area contributed by atoms with E-state index in [4.69, 9.17) is 16.2 Å². The van der Waals surface area contributed by atoms with Crippen molar-refractivity contribution in [2.24, 2.45) is 16.5 Å². The van der Waals surface area contributed by atoms with Crippen LogP contribution in [0.25, 0.3) is 0 Å². The van der Waals surface area contributed by atoms with Crippen LogP contribution in [0, 0.1) is 10.1 Å². The molecule has 1 rings (SSSR count). The number of esters is 1. The van der Waals surface area contributed by atoms with Crippen molar-refractivity contribution in [3.8, 4) is 0 Å². The Kier molecular flexibility index (Phi) is 7.34. The first kappa shape index (κ1) is 17.4. The van der Waals surface area contributed by atoms with Gasteiger partial charge in [-0.1, -0.05) is 35.8 Å². The van der Waals surface area contributed by atoms with Crippen LogP contribution in [-0.2, 0) is 16.1 Å². The number of rotatable bonds is 8. The number of benzene rings is 1. The maximum atomic E-state index is 11.7. The Morgan fingerprint density at radius 2 is 2.09 bits per heavy atom. The lowest BCUT2D eigenvalue weighted by Gasteiger charge is -2.10. The smallest absolute Gasteiger partial charge is 0.323 e. The third-order valence-corrected chi connectivity index (χ3v) is 2.69. The van der Waals surface area contributed by atoms with Crippen molar-refractivity contribution in [2.45, 2.75) is 25.5 Å². The Morgan fingerprint density at radius 1 is 1.41 bits per heavy atom. The van der Waals surface area contributed by atoms with E-state index >= 15 is 0 Å². The Morgan fingerprint density at radius 3 is 2.73 bits per heavy atom. The van der Waals surface area contributed by atoms with Crippen LogP contribution in [0.1, 0.15) is 18.4 Å². The topological polar surface area (TPSA) is 146 Å². The molecule has 0 heterocycles. The van der Waals surface area contributed by atoms with E-state index in [0.717, 1.165) is 5.56 Å². The van der Waals surface area contributed by atoms with E-state index in [0.29, 0.717) is 12.8 Å². The van der Waals surface area contributed by atoms with Crippen molar-refractivity contribution in [3.63, 3.8) is 0 Å². The number of carbonyl (C=O) groups is 1. The molecule has 0 radical (unpaired) electrons. The molecule has 9 nitrogen and oxygen atoms in total. The largest absolute Gasteiger partial charge is 0.460 e. The van der Waals surface area contributed by atoms with Gasteiger partial charge in [-0.05, 0) is 18.4 Å². The molecule has 0 fully saturated rings. The average Bonchev–Trinajstić information content (AvgIpc) is 2.49. The van der Waals surface area contributed by atoms with Gasteiger partial charge in [0.2, 0.25) is 0 Å². The molecule has 1 aromatic carbocycles. The van der Waals surface area contributed by atoms with Gasteiger partial charge in [0, 0.05) is 6.54 Å². The summed E-state index contributed by atoms with van der Waals surface area (Å²) >= 11 is 0. The van der Waals surface area contributed by atoms with Crippen LogP contribution in [0.2, 0.25) is 0 Å². The first-order valence-electron chi connectivity index (χ1n) is 6.66. The molecule has 0 saturated heterocycles. The van der Waals surface area contributed by atoms with Crippen LogP contribution in [-0.4, -0.2) is 29.5 Å². The van der Waals surface area contributed by atoms with E-state index in [9.17, 15) is 14.9 Å². The summed E-state index contributed by atoms with van der Waals surface area (Å²) in [4.78, 5) is 25.5. The molecule has 0 aromatic heterocycles. The molecule has 0 aliphatic rings. The molecular weight excluding hydrogens is 290 g/mol. The summed E-state index contributed by atoms with van der Waals surface area (Å²) < 4.78 is 5.09. The summed E-state index contributed by atoms with van der Waals surface area (Å²) in [6, 6.07) is 8.51. The van der Waals surface area contributed by atoms with Gasteiger partial charge in [0.1, 0.15) is 12.6 Å². The number of ether oxygens (including phenoxy) is 1. The second-order valence-corrected chi connectivity index (χ2v) is 4.48. The van der Waals surface area contributed by atoms with Crippen molar-refractivity contribution in [1.82, 2.24) is 5.43 Å². The number of carbonyl (C=O) groups excluding carboxylic acids is 1. The minimum Gasteiger partial charge on any atom is -0.460 e. The lowest BCUT2D eigenvalue weighted by atomic mass is 10.1. The molecule has 120 valence electrons. The fourth-order valence-corrected chi connectivity index (χ4v) is 1.59. The maximum absolute atomic E-state index is 11.7. The van der Waals surface area contributed by atoms with Crippen molar-refractivity contribution in [2.75, 3.05) is 6.54 Å². The van der Waals surface area contributed by atoms with E-state index < -0.39 is 17.0 Å². The second-order valence-electron chi connectivity index (χ2n) is 4.48. The van der Waals surface area contributed by atoms with Gasteiger partial charge < -0.3 is 16.2 Å². The molecule has 22 heavy (non-hydrogen) atoms. The van der Waals surface area contributed by atoms with Crippen molar-refractivity contribution in [1.29, 1.82) is 0 Å². The number of hydrazine groups is 1. The van der Waals surface area contributed by atoms with Crippen LogP contribution < -0.4 is 16.9 Å². The summed E-state index contributed by atoms with van der Waals surface area (Å²) in [7, 11) is 0. The average molecular weight is 309 g/mol. The summed E-state index contributed by atoms with van der Waals surface area (Å²) in [5.74, 6) is -0.783. The molecule has 1 aromatic rings. The van der Waals surface area contributed by atoms with Crippen LogP contribution in [0.3, 0.4) is 0 Å². The number of nitrogens with one attached hydrogen (secondary N) is 1. The predicted octanol–water partition coefficient (Wildman–Crippen LogP) is -0.0667. The highest BCUT2D eigenvalue weighted by Gasteiger charge is 2.14. The van der Waals surface area contributed by atoms with Crippen LogP contribution in [0.15, 0.2) is 35.3 Å². The number of aliphatic imine (C=N–C) groups is 1. The minimum atomic E-state index is -0.800. The van der Waals surface area contributed by atoms with E-state index in [1.54, 1.807) is 5.43 Å². The standard InChI is InChI=1S/C13H19N5O4/c14-11(7-4-8-16-13(15)17-18(20)21)12(19)22-9-10-5-2-1-3-6-10/h1-3,5-6,11H,4,7-9,14H2,(H3,15,16,17)/t11-/m0/s1. The number of nitrogens with two attached hydrogens (primary N) is 2. The van der Waals surface area contributed by atoms with E-state index in [1.165, 1.54) is 0 Å². The van der Waals surface area contributed by atoms with Crippen molar-refractivity contribution < 1.29 is 14.6 Å². The summed E-state index contributed by atoms with van der Waals surface area (Å²) in [5, 5.41) is 9.28. The molecule has 5 N–H and O–H groups in total. The van der Waals surface area contributed by atoms with Crippen LogP contribution in [0.5, 0.6) is 0 Å². The van der Waals surface area contributed by atoms with Gasteiger partial charge in [-0.2, -0.15) is 0 Å². The predicted molar refractivity (Wildman–Crippen MR) is 80.1 cm³/mol. The molecule has 1 atom stereocenters. The SMILES string of the molecule is NC(=NCCC[C@H](N)C(=O)OCc1ccccc1)N[N+](=O)[O-]. The highest BCUT2D eigenvalue weighted by Crippen LogP contribution is 2.03. The first-order valence-corrected chi connectivity index (χ1v) is 6.66. The summed E-state index contributed by atoms with van der Waals surface area (Å²) in [6.45, 7) is 0.400. The third-order valence-electron chi connectivity index (χ3n) is 2.69. The number of nitrogens with zero attached hydrogens (tertiary/aromatic N) is 2. The van der Waals surface area contributed by atoms with Gasteiger partial charge in [-0.3, -0.25) is 4.79 Å². The molecule has 0 saturated carbocycles. The molecule has 0 bridgehead atoms. The normalized spacial score (nSPS) is 12.5.